The predicted octanol–water partition coefficient (Wildman–Crippen LogP) is 4.36. The molecule has 22 nitrogen and oxygen atoms in total. The molecule has 0 radical (unpaired) electrons. The highest BCUT2D eigenvalue weighted by Crippen LogP contribution is 2.35. The molecule has 1 fully saturated rings. The van der Waals surface area contributed by atoms with Crippen molar-refractivity contribution in [2.45, 2.75) is 143 Å². The third kappa shape index (κ3) is 13.8. The van der Waals surface area contributed by atoms with Crippen LogP contribution in [0.3, 0.4) is 0 Å². The Morgan fingerprint density at radius 1 is 1.02 bits per heavy atom. The average Bonchev–Trinajstić information content (AvgIpc) is 3.78. The van der Waals surface area contributed by atoms with Crippen LogP contribution in [0.5, 0.6) is 5.75 Å². The number of hydrogen-bond donors (Lipinski definition) is 4. The first-order valence-electron chi connectivity index (χ1n) is 21.0. The van der Waals surface area contributed by atoms with E-state index in [0.717, 1.165) is 28.0 Å². The Morgan fingerprint density at radius 2 is 1.67 bits per heavy atom. The molecule has 0 aliphatic carbocycles. The van der Waals surface area contributed by atoms with Crippen molar-refractivity contribution in [2.75, 3.05) is 11.9 Å². The summed E-state index contributed by atoms with van der Waals surface area (Å²) >= 11 is 0.906. The Balaban J connectivity index is 1.38. The van der Waals surface area contributed by atoms with Crippen molar-refractivity contribution in [1.82, 2.24) is 25.4 Å². The van der Waals surface area contributed by atoms with Crippen LogP contribution < -0.4 is 25.4 Å². The molecule has 1 saturated heterocycles. The highest BCUT2D eigenvalue weighted by molar-refractivity contribution is 7.80. The summed E-state index contributed by atoms with van der Waals surface area (Å²) in [5, 5.41) is 13.6. The van der Waals surface area contributed by atoms with Gasteiger partial charge >= 0.3 is 28.6 Å². The number of esters is 1. The number of thiazole rings is 1. The van der Waals surface area contributed by atoms with Gasteiger partial charge in [-0.1, -0.05) is 11.2 Å². The molecular formula is C42H59N8O14S2+. The molecule has 362 valence electrons. The maximum absolute atomic E-state index is 14.0. The molecule has 4 heterocycles. The van der Waals surface area contributed by atoms with Gasteiger partial charge in [-0.15, -0.1) is 20.3 Å². The molecule has 66 heavy (non-hydrogen) atoms. The van der Waals surface area contributed by atoms with Crippen molar-refractivity contribution in [3.8, 4) is 16.9 Å². The number of rotatable bonds is 15. The number of hydroxylamine groups is 2. The number of fused-ring (bicyclic) bond motifs is 1. The molecule has 2 aliphatic heterocycles. The number of anilines is 1. The molecule has 1 aromatic carbocycles. The number of aromatic nitrogens is 3. The van der Waals surface area contributed by atoms with Gasteiger partial charge in [0.15, 0.2) is 17.9 Å². The van der Waals surface area contributed by atoms with Crippen molar-refractivity contribution in [3.63, 3.8) is 0 Å². The van der Waals surface area contributed by atoms with E-state index in [-0.39, 0.29) is 17.2 Å². The van der Waals surface area contributed by atoms with Crippen LogP contribution in [0, 0.1) is 0 Å². The van der Waals surface area contributed by atoms with Gasteiger partial charge in [0.1, 0.15) is 40.4 Å². The number of β-lactam (4-membered cyclic amide) rings is 1. The number of alkyl carbamates (subject to hydrolysis) is 1. The molecule has 2 aromatic heterocycles. The van der Waals surface area contributed by atoms with E-state index in [4.69, 9.17) is 23.8 Å². The van der Waals surface area contributed by atoms with E-state index in [9.17, 15) is 36.9 Å². The first-order valence-corrected chi connectivity index (χ1v) is 23.2. The number of oxime groups is 1. The van der Waals surface area contributed by atoms with Crippen LogP contribution in [0.4, 0.5) is 14.7 Å². The summed E-state index contributed by atoms with van der Waals surface area (Å²) < 4.78 is 63.1. The lowest BCUT2D eigenvalue weighted by Gasteiger charge is -2.50. The zero-order valence-corrected chi connectivity index (χ0v) is 40.7. The minimum atomic E-state index is -5.09. The van der Waals surface area contributed by atoms with Crippen molar-refractivity contribution in [3.05, 3.63) is 47.2 Å². The third-order valence-electron chi connectivity index (χ3n) is 9.55. The summed E-state index contributed by atoms with van der Waals surface area (Å²) in [6.07, 6.45) is 1.54. The summed E-state index contributed by atoms with van der Waals surface area (Å²) in [4.78, 5) is 75.6. The van der Waals surface area contributed by atoms with Gasteiger partial charge in [0, 0.05) is 11.9 Å². The molecule has 0 spiro atoms. The largest absolute Gasteiger partial charge is 0.485 e. The first-order chi connectivity index (χ1) is 30.4. The molecule has 3 aromatic rings. The predicted molar refractivity (Wildman–Crippen MR) is 237 cm³/mol. The Hall–Kier alpha value is -5.85. The molecule has 4 N–H and O–H groups in total. The summed E-state index contributed by atoms with van der Waals surface area (Å²) in [6.45, 7) is 19.2. The van der Waals surface area contributed by atoms with Crippen LogP contribution >= 0.6 is 11.3 Å². The fourth-order valence-corrected chi connectivity index (χ4v) is 7.80. The van der Waals surface area contributed by atoms with Crippen LogP contribution in [-0.2, 0) is 68.1 Å². The second kappa shape index (κ2) is 19.5. The van der Waals surface area contributed by atoms with Gasteiger partial charge in [0.05, 0.1) is 23.8 Å². The van der Waals surface area contributed by atoms with E-state index in [0.29, 0.717) is 36.7 Å². The smallest absolute Gasteiger partial charge is 0.418 e. The molecule has 5 rings (SSSR count). The lowest BCUT2D eigenvalue weighted by molar-refractivity contribution is -0.753. The SMILES string of the molecule is C[n+]1cc(-c2ccc3c(c2)CC[C@H]([C@H](O/N=C(\C(=O)N[C@@H]2C(=O)N(OS(=O)(=O)O)C2(C)C)c2csc(NC(=O)OC(C)(C)C)n2)C(=O)OC(C)(C)C)O3)cn1CCCNC(=O)OC(C)(C)C. The van der Waals surface area contributed by atoms with Crippen LogP contribution in [-0.4, -0.2) is 111 Å². The number of benzene rings is 1. The van der Waals surface area contributed by atoms with Gasteiger partial charge in [-0.2, -0.15) is 18.2 Å². The number of amides is 4. The van der Waals surface area contributed by atoms with E-state index in [1.54, 1.807) is 68.4 Å². The van der Waals surface area contributed by atoms with E-state index in [1.807, 2.05) is 40.9 Å². The number of hydrogen-bond acceptors (Lipinski definition) is 16. The Morgan fingerprint density at radius 3 is 2.29 bits per heavy atom. The maximum Gasteiger partial charge on any atom is 0.418 e. The number of nitrogens with one attached hydrogen (secondary N) is 3. The fraction of sp³-hybridized carbons (Fsp3) is 0.571. The van der Waals surface area contributed by atoms with Crippen molar-refractivity contribution in [2.24, 2.45) is 12.2 Å². The van der Waals surface area contributed by atoms with Crippen molar-refractivity contribution >= 4 is 62.5 Å². The molecule has 0 bridgehead atoms. The molecule has 4 amide bonds. The van der Waals surface area contributed by atoms with Crippen LogP contribution in [0.2, 0.25) is 0 Å². The fourth-order valence-electron chi connectivity index (χ4n) is 6.67. The van der Waals surface area contributed by atoms with Gasteiger partial charge in [-0.25, -0.2) is 19.4 Å². The van der Waals surface area contributed by atoms with Crippen molar-refractivity contribution in [1.29, 1.82) is 0 Å². The number of carbonyl (C=O) groups is 5. The lowest BCUT2D eigenvalue weighted by atomic mass is 9.84. The Kier molecular flexibility index (Phi) is 15.1. The second-order valence-electron chi connectivity index (χ2n) is 19.1. The van der Waals surface area contributed by atoms with E-state index in [1.165, 1.54) is 19.2 Å². The molecule has 2 aliphatic rings. The zero-order valence-electron chi connectivity index (χ0n) is 39.0. The van der Waals surface area contributed by atoms with E-state index in [2.05, 4.69) is 30.4 Å². The van der Waals surface area contributed by atoms with Gasteiger partial charge < -0.3 is 34.4 Å². The van der Waals surface area contributed by atoms with Gasteiger partial charge in [0.25, 0.3) is 17.9 Å². The summed E-state index contributed by atoms with van der Waals surface area (Å²) in [5.74, 6) is -2.44. The van der Waals surface area contributed by atoms with Crippen LogP contribution in [0.15, 0.2) is 41.1 Å². The standard InChI is InChI=1S/C42H58N8O14S2/c1-39(2,3)60-35(53)31(29-17-15-25-20-24(14-16-28(25)59-29)26-21-48(12)49(22-26)19-13-18-43-37(54)61-40(4,5)6)63-47-30(27-23-65-36(44-27)46-38(55)62-41(7,8)9)33(51)45-32-34(52)50(42(32,10)11)64-66(56,57)58/h14,16,20-23,29,31-32H,13,15,17-19H2,1-12H3,(H3-,43,44,45,46,51,54,55,56,57,58)/p+1/b47-30-/t29-,31+,32-/m1/s1. The minimum Gasteiger partial charge on any atom is -0.485 e. The highest BCUT2D eigenvalue weighted by atomic mass is 32.3. The van der Waals surface area contributed by atoms with E-state index < -0.39 is 86.7 Å². The molecular weight excluding hydrogens is 905 g/mol. The summed E-state index contributed by atoms with van der Waals surface area (Å²) in [7, 11) is -3.17. The topological polar surface area (TPSA) is 268 Å². The molecule has 0 unspecified atom stereocenters. The van der Waals surface area contributed by atoms with Gasteiger partial charge in [0.2, 0.25) is 6.20 Å². The van der Waals surface area contributed by atoms with Crippen molar-refractivity contribution < 1.29 is 69.7 Å². The van der Waals surface area contributed by atoms with Gasteiger partial charge in [-0.3, -0.25) is 19.5 Å². The first kappa shape index (κ1) is 51.1. The van der Waals surface area contributed by atoms with Crippen LogP contribution in [0.1, 0.15) is 100 Å². The van der Waals surface area contributed by atoms with Crippen LogP contribution in [0.25, 0.3) is 11.1 Å². The number of carbonyl (C=O) groups excluding carboxylic acids is 5. The normalized spacial score (nSPS) is 17.9. The quantitative estimate of drug-likeness (QED) is 0.0241. The molecule has 3 atom stereocenters. The Labute approximate surface area is 387 Å². The third-order valence-corrected chi connectivity index (χ3v) is 10.6. The van der Waals surface area contributed by atoms with E-state index >= 15 is 0 Å². The summed E-state index contributed by atoms with van der Waals surface area (Å²) in [6, 6.07) is 4.27. The second-order valence-corrected chi connectivity index (χ2v) is 21.0. The maximum atomic E-state index is 14.0. The Bertz CT molecular complexity index is 2460. The number of aryl methyl sites for hydroxylation is 3. The highest BCUT2D eigenvalue weighted by Gasteiger charge is 2.58. The zero-order chi connectivity index (χ0) is 49.2. The number of nitrogens with zero attached hydrogens (tertiary/aromatic N) is 5. The number of ether oxygens (including phenoxy) is 4. The molecule has 0 saturated carbocycles. The summed E-state index contributed by atoms with van der Waals surface area (Å²) in [5.41, 5.74) is -1.87. The molecule has 24 heteroatoms. The lowest BCUT2D eigenvalue weighted by Crippen LogP contribution is -2.76. The average molecular weight is 964 g/mol. The monoisotopic (exact) mass is 963 g/mol. The minimum absolute atomic E-state index is 0.000670. The van der Waals surface area contributed by atoms with Gasteiger partial charge in [-0.05, 0) is 119 Å².